The van der Waals surface area contributed by atoms with Crippen molar-refractivity contribution in [1.82, 2.24) is 15.0 Å². The third kappa shape index (κ3) is 17.0. The van der Waals surface area contributed by atoms with Gasteiger partial charge >= 0.3 is 0 Å². The lowest BCUT2D eigenvalue weighted by Crippen LogP contribution is -2.20. The zero-order chi connectivity index (χ0) is 55.7. The molecule has 0 aliphatic heterocycles. The van der Waals surface area contributed by atoms with E-state index >= 15 is 0 Å². The maximum absolute atomic E-state index is 12.2. The van der Waals surface area contributed by atoms with Crippen molar-refractivity contribution >= 4 is 102 Å². The second-order valence-electron chi connectivity index (χ2n) is 15.9. The Morgan fingerprint density at radius 2 is 0.654 bits per heavy atom. The number of nitrogens with one attached hydrogen (secondary N) is 3. The minimum Gasteiger partial charge on any atom is -0.492 e. The van der Waals surface area contributed by atoms with E-state index in [4.69, 9.17) is 68.3 Å². The van der Waals surface area contributed by atoms with E-state index in [2.05, 4.69) is 30.9 Å². The van der Waals surface area contributed by atoms with Gasteiger partial charge in [0.15, 0.2) is 19.8 Å². The molecule has 0 fully saturated rings. The summed E-state index contributed by atoms with van der Waals surface area (Å²) in [6, 6.07) is 42.9. The highest BCUT2D eigenvalue weighted by atomic mass is 35.5. The predicted octanol–water partition coefficient (Wildman–Crippen LogP) is 12.9. The van der Waals surface area contributed by atoms with Gasteiger partial charge in [0.1, 0.15) is 51.0 Å². The van der Waals surface area contributed by atoms with Gasteiger partial charge in [0, 0.05) is 41.4 Å². The molecule has 6 aromatic carbocycles. The van der Waals surface area contributed by atoms with Crippen LogP contribution >= 0.6 is 34.8 Å². The number of fused-ring (bicyclic) bond motifs is 3. The Balaban J connectivity index is 0.000000184. The van der Waals surface area contributed by atoms with Crippen molar-refractivity contribution in [2.45, 2.75) is 27.7 Å². The van der Waals surface area contributed by atoms with Gasteiger partial charge < -0.3 is 49.5 Å². The average Bonchev–Trinajstić information content (AvgIpc) is 3.45. The molecule has 3 aromatic heterocycles. The van der Waals surface area contributed by atoms with Crippen molar-refractivity contribution < 1.29 is 47.9 Å². The standard InChI is InChI=1S/3C19H17ClN2O3.C2H6O/c3*1-2-24-17-10-9-15(13-6-5-11-21-19(13)17)22-18(23)12-25-16-8-4-3-7-14(16)20;1-2-3/h3*3-11H,2,12H2,1H3,(H,22,23);3H,2H2,1H3. The summed E-state index contributed by atoms with van der Waals surface area (Å²) in [6.07, 6.45) is 5.07. The molecular formula is C59H57Cl3N6O10. The number of hydrogen-bond acceptors (Lipinski definition) is 13. The zero-order valence-electron chi connectivity index (χ0n) is 43.1. The van der Waals surface area contributed by atoms with Crippen LogP contribution < -0.4 is 44.4 Å². The predicted molar refractivity (Wildman–Crippen MR) is 308 cm³/mol. The van der Waals surface area contributed by atoms with Crippen LogP contribution in [0.25, 0.3) is 32.7 Å². The Morgan fingerprint density at radius 1 is 0.385 bits per heavy atom. The van der Waals surface area contributed by atoms with Gasteiger partial charge in [-0.1, -0.05) is 71.2 Å². The molecule has 0 aliphatic carbocycles. The molecule has 0 unspecified atom stereocenters. The first-order valence-electron chi connectivity index (χ1n) is 24.6. The third-order valence-electron chi connectivity index (χ3n) is 10.5. The van der Waals surface area contributed by atoms with Crippen molar-refractivity contribution in [2.75, 3.05) is 62.2 Å². The van der Waals surface area contributed by atoms with Crippen LogP contribution in [0.3, 0.4) is 0 Å². The normalized spacial score (nSPS) is 10.3. The van der Waals surface area contributed by atoms with E-state index in [1.165, 1.54) is 0 Å². The van der Waals surface area contributed by atoms with Gasteiger partial charge in [-0.25, -0.2) is 0 Å². The first-order valence-corrected chi connectivity index (χ1v) is 25.8. The molecule has 0 saturated carbocycles. The molecule has 404 valence electrons. The summed E-state index contributed by atoms with van der Waals surface area (Å²) in [4.78, 5) is 49.7. The van der Waals surface area contributed by atoms with Crippen molar-refractivity contribution in [3.8, 4) is 34.5 Å². The van der Waals surface area contributed by atoms with Gasteiger partial charge in [0.05, 0.1) is 52.0 Å². The summed E-state index contributed by atoms with van der Waals surface area (Å²) in [5.41, 5.74) is 4.07. The number of benzene rings is 6. The van der Waals surface area contributed by atoms with Gasteiger partial charge in [-0.05, 0) is 137 Å². The van der Waals surface area contributed by atoms with Crippen LogP contribution in [0.15, 0.2) is 164 Å². The van der Waals surface area contributed by atoms with Crippen molar-refractivity contribution in [2.24, 2.45) is 0 Å². The fourth-order valence-corrected chi connectivity index (χ4v) is 7.83. The number of rotatable bonds is 18. The number of aliphatic hydroxyl groups excluding tert-OH is 1. The topological polar surface area (TPSA) is 202 Å². The SMILES string of the molecule is CCO.CCOc1ccc(NC(=O)COc2ccccc2Cl)c2cccnc12.CCOc1ccc(NC(=O)COc2ccccc2Cl)c2cccnc12.CCOc1ccc(NC(=O)COc2ccccc2Cl)c2cccnc12. The molecule has 0 aliphatic rings. The number of halogens is 3. The minimum absolute atomic E-state index is 0.140. The lowest BCUT2D eigenvalue weighted by Gasteiger charge is -2.12. The molecule has 0 atom stereocenters. The summed E-state index contributed by atoms with van der Waals surface area (Å²) in [5, 5.41) is 19.9. The molecule has 19 heteroatoms. The molecule has 78 heavy (non-hydrogen) atoms. The molecule has 0 saturated heterocycles. The molecule has 16 nitrogen and oxygen atoms in total. The number of anilines is 3. The van der Waals surface area contributed by atoms with E-state index in [1.807, 2.05) is 57.2 Å². The number of para-hydroxylation sites is 3. The van der Waals surface area contributed by atoms with Gasteiger partial charge in [-0.15, -0.1) is 0 Å². The number of carbonyl (C=O) groups excluding carboxylic acids is 3. The Kier molecular flexibility index (Phi) is 23.4. The molecule has 3 heterocycles. The van der Waals surface area contributed by atoms with Crippen LogP contribution in [-0.2, 0) is 14.4 Å². The van der Waals surface area contributed by atoms with Gasteiger partial charge in [0.2, 0.25) is 0 Å². The molecule has 9 rings (SSSR count). The van der Waals surface area contributed by atoms with E-state index in [0.717, 1.165) is 16.2 Å². The number of aliphatic hydroxyl groups is 1. The maximum Gasteiger partial charge on any atom is 0.262 e. The van der Waals surface area contributed by atoms with E-state index in [0.29, 0.717) is 103 Å². The summed E-state index contributed by atoms with van der Waals surface area (Å²) < 4.78 is 33.1. The highest BCUT2D eigenvalue weighted by Gasteiger charge is 2.15. The monoisotopic (exact) mass is 1110 g/mol. The number of nitrogens with zero attached hydrogens (tertiary/aromatic N) is 3. The van der Waals surface area contributed by atoms with Crippen molar-refractivity contribution in [3.05, 3.63) is 179 Å². The number of aromatic nitrogens is 3. The quantitative estimate of drug-likeness (QED) is 0.0633. The fourth-order valence-electron chi connectivity index (χ4n) is 7.26. The van der Waals surface area contributed by atoms with Crippen LogP contribution in [0.4, 0.5) is 17.1 Å². The maximum atomic E-state index is 12.2. The lowest BCUT2D eigenvalue weighted by molar-refractivity contribution is -0.118. The highest BCUT2D eigenvalue weighted by Crippen LogP contribution is 2.33. The smallest absolute Gasteiger partial charge is 0.262 e. The number of carbonyl (C=O) groups is 3. The Hall–Kier alpha value is -8.41. The first-order chi connectivity index (χ1) is 38.0. The van der Waals surface area contributed by atoms with E-state index < -0.39 is 0 Å². The van der Waals surface area contributed by atoms with E-state index in [9.17, 15) is 14.4 Å². The lowest BCUT2D eigenvalue weighted by atomic mass is 10.1. The average molecular weight is 1120 g/mol. The molecular weight excluding hydrogens is 1060 g/mol. The number of amides is 3. The van der Waals surface area contributed by atoms with Crippen molar-refractivity contribution in [1.29, 1.82) is 0 Å². The molecule has 3 amide bonds. The summed E-state index contributed by atoms with van der Waals surface area (Å²) >= 11 is 18.0. The second kappa shape index (κ2) is 31.0. The van der Waals surface area contributed by atoms with Gasteiger partial charge in [-0.2, -0.15) is 0 Å². The third-order valence-corrected chi connectivity index (χ3v) is 11.4. The van der Waals surface area contributed by atoms with E-state index in [-0.39, 0.29) is 44.1 Å². The van der Waals surface area contributed by atoms with Gasteiger partial charge in [-0.3, -0.25) is 29.3 Å². The molecule has 4 N–H and O–H groups in total. The van der Waals surface area contributed by atoms with Crippen LogP contribution in [-0.4, -0.2) is 84.0 Å². The fraction of sp³-hybridized carbons (Fsp3) is 0.186. The second-order valence-corrected chi connectivity index (χ2v) is 17.2. The summed E-state index contributed by atoms with van der Waals surface area (Å²) in [6.45, 7) is 8.88. The van der Waals surface area contributed by atoms with Crippen LogP contribution in [0.1, 0.15) is 27.7 Å². The largest absolute Gasteiger partial charge is 0.492 e. The number of pyridine rings is 3. The molecule has 9 aromatic rings. The Morgan fingerprint density at radius 3 is 0.910 bits per heavy atom. The zero-order valence-corrected chi connectivity index (χ0v) is 45.4. The number of ether oxygens (including phenoxy) is 6. The summed E-state index contributed by atoms with van der Waals surface area (Å²) in [5.74, 6) is 2.61. The van der Waals surface area contributed by atoms with Gasteiger partial charge in [0.25, 0.3) is 17.7 Å². The Bertz CT molecular complexity index is 3070. The van der Waals surface area contributed by atoms with Crippen molar-refractivity contribution in [3.63, 3.8) is 0 Å². The molecule has 0 spiro atoms. The highest BCUT2D eigenvalue weighted by molar-refractivity contribution is 6.32. The first kappa shape index (κ1) is 58.8. The van der Waals surface area contributed by atoms with E-state index in [1.54, 1.807) is 135 Å². The summed E-state index contributed by atoms with van der Waals surface area (Å²) in [7, 11) is 0. The molecule has 0 radical (unpaired) electrons. The van der Waals surface area contributed by atoms with Crippen LogP contribution in [0, 0.1) is 0 Å². The minimum atomic E-state index is -0.283. The van der Waals surface area contributed by atoms with Crippen LogP contribution in [0.2, 0.25) is 15.1 Å². The Labute approximate surface area is 466 Å². The number of hydrogen-bond donors (Lipinski definition) is 4. The molecule has 0 bridgehead atoms. The van der Waals surface area contributed by atoms with Crippen LogP contribution in [0.5, 0.6) is 34.5 Å².